The lowest BCUT2D eigenvalue weighted by Gasteiger charge is -2.47. The van der Waals surface area contributed by atoms with E-state index >= 15 is 70.2 Å². The molecule has 2 unspecified atom stereocenters. The summed E-state index contributed by atoms with van der Waals surface area (Å²) in [6, 6.07) is -0.488. The van der Waals surface area contributed by atoms with Gasteiger partial charge in [0.1, 0.15) is 35.0 Å². The van der Waals surface area contributed by atoms with Crippen LogP contribution in [0.15, 0.2) is 48.5 Å². The van der Waals surface area contributed by atoms with Crippen LogP contribution in [0.5, 0.6) is 0 Å². The SMILES string of the molecule is CCCCC(CC)CC[PH2+]C.Cc1c(F)c(F)c(F)c(C(F)(F)F)c1-c1c(F)c(F)c(F)c(F)c1F.Fc1ccc2c([B-](c3c(F)c(F)c(F)c4c(F)c(F)ccc34)(c3c(F)c(F)c(F)c4c(F)c(F)ccc34)c3c(F)c(F)c(F)c4c(F)c(F)ccc34)c(F)c(F)c(F)c2c1F. The van der Waals surface area contributed by atoms with E-state index in [4.69, 9.17) is 0 Å². The number of rotatable bonds is 12. The number of hydrogen-bond donors (Lipinski definition) is 0. The molecule has 0 aliphatic carbocycles. The predicted octanol–water partition coefficient (Wildman–Crippen LogP) is 19.9. The topological polar surface area (TPSA) is 0 Å². The molecular formula is C64H35BF31P. The van der Waals surface area contributed by atoms with E-state index in [1.807, 2.05) is 0 Å². The summed E-state index contributed by atoms with van der Waals surface area (Å²) in [6.07, 6.45) is -3.41. The molecule has 0 radical (unpaired) electrons. The Morgan fingerprint density at radius 3 is 0.876 bits per heavy atom. The van der Waals surface area contributed by atoms with Gasteiger partial charge in [-0.3, -0.25) is 0 Å². The first kappa shape index (κ1) is 74.4. The third-order valence-electron chi connectivity index (χ3n) is 16.3. The molecule has 0 heterocycles. The highest BCUT2D eigenvalue weighted by molar-refractivity contribution is 7.36. The summed E-state index contributed by atoms with van der Waals surface area (Å²) in [5.41, 5.74) is -18.2. The van der Waals surface area contributed by atoms with Crippen molar-refractivity contribution in [2.24, 2.45) is 5.92 Å². The van der Waals surface area contributed by atoms with Crippen molar-refractivity contribution in [3.8, 4) is 11.1 Å². The van der Waals surface area contributed by atoms with Gasteiger partial charge in [0.25, 0.3) is 0 Å². The number of halogens is 31. The standard InChI is InChI=1S/C40H8BF20.C14H3F11.C10H23P/c42-13-5-1-9-17(25(13)46)29(50)37(58)33(54)21(9)41(22-10-2-6-14(43)26(47)18(10)30(51)38(59)34(22)55,23-11-3-7-15(44)27(48)19(11)31(52)39(60)35(23)56)24-12-4-8-16(45)28(49)20(12)32(53)40(61)36(24)57;1-2-3(4-7(16)11(20)13(22)12(21)8(4)17)5(14(23,24)25)9(18)10(19)6(2)15;1-4-6-7-10(5-2)8-9-11-3/h1-8H;1H3;10-11H,4-9H2,1-3H3/q-1;;/p+1. The molecule has 10 aromatic carbocycles. The molecule has 33 heteroatoms. The second-order valence-electron chi connectivity index (χ2n) is 21.6. The first-order valence-electron chi connectivity index (χ1n) is 27.8. The molecule has 0 spiro atoms. The molecular weight excluding hydrogens is 1400 g/mol. The molecule has 0 aliphatic rings. The largest absolute Gasteiger partial charge is 0.419 e. The molecule has 2 atom stereocenters. The number of alkyl halides is 3. The van der Waals surface area contributed by atoms with Crippen LogP contribution in [0.25, 0.3) is 54.2 Å². The summed E-state index contributed by atoms with van der Waals surface area (Å²) in [4.78, 5) is 0. The van der Waals surface area contributed by atoms with Crippen LogP contribution in [-0.2, 0) is 6.18 Å². The van der Waals surface area contributed by atoms with Crippen LogP contribution in [0.2, 0.25) is 0 Å². The van der Waals surface area contributed by atoms with Crippen molar-refractivity contribution in [3.63, 3.8) is 0 Å². The molecule has 0 N–H and O–H groups in total. The smallest absolute Gasteiger partial charge is 0.207 e. The van der Waals surface area contributed by atoms with Gasteiger partial charge in [-0.15, -0.1) is 21.9 Å². The van der Waals surface area contributed by atoms with Crippen LogP contribution in [0.3, 0.4) is 0 Å². The van der Waals surface area contributed by atoms with Crippen molar-refractivity contribution in [2.45, 2.75) is 59.1 Å². The molecule has 0 fully saturated rings. The zero-order valence-electron chi connectivity index (χ0n) is 48.8. The minimum atomic E-state index is -6.29. The van der Waals surface area contributed by atoms with Crippen molar-refractivity contribution in [1.82, 2.24) is 0 Å². The van der Waals surface area contributed by atoms with E-state index in [1.54, 1.807) is 0 Å². The van der Waals surface area contributed by atoms with Crippen LogP contribution in [0.4, 0.5) is 136 Å². The van der Waals surface area contributed by atoms with Crippen LogP contribution >= 0.6 is 8.58 Å². The maximum atomic E-state index is 17.3. The van der Waals surface area contributed by atoms with E-state index in [9.17, 15) is 65.9 Å². The highest BCUT2D eigenvalue weighted by Gasteiger charge is 2.50. The van der Waals surface area contributed by atoms with Crippen molar-refractivity contribution in [3.05, 3.63) is 223 Å². The fraction of sp³-hybridized carbons (Fsp3) is 0.188. The third-order valence-corrected chi connectivity index (χ3v) is 17.3. The number of benzene rings is 10. The van der Waals surface area contributed by atoms with Crippen LogP contribution < -0.4 is 21.9 Å². The van der Waals surface area contributed by atoms with Crippen LogP contribution in [-0.4, -0.2) is 19.0 Å². The van der Waals surface area contributed by atoms with Crippen LogP contribution in [0, 0.1) is 176 Å². The molecule has 10 aromatic rings. The Bertz CT molecular complexity index is 4410. The Labute approximate surface area is 526 Å². The molecule has 10 rings (SSSR count). The van der Waals surface area contributed by atoms with Gasteiger partial charge < -0.3 is 0 Å². The van der Waals surface area contributed by atoms with Crippen molar-refractivity contribution >= 4 is 79.7 Å². The minimum absolute atomic E-state index is 0.0220. The maximum absolute atomic E-state index is 17.3. The van der Waals surface area contributed by atoms with Crippen LogP contribution in [0.1, 0.15) is 57.1 Å². The molecule has 0 amide bonds. The monoisotopic (exact) mass is 1430 g/mol. The lowest BCUT2D eigenvalue weighted by molar-refractivity contribution is -0.139. The number of fused-ring (bicyclic) bond motifs is 4. The molecule has 0 saturated carbocycles. The van der Waals surface area contributed by atoms with E-state index in [-0.39, 0.29) is 48.5 Å². The molecule has 0 aliphatic heterocycles. The van der Waals surface area contributed by atoms with Crippen molar-refractivity contribution in [2.75, 3.05) is 12.8 Å². The average Bonchev–Trinajstić information content (AvgIpc) is 0.670. The Kier molecular flexibility index (Phi) is 21.3. The molecule has 0 aromatic heterocycles. The lowest BCUT2D eigenvalue weighted by atomic mass is 9.11. The summed E-state index contributed by atoms with van der Waals surface area (Å²) in [6.45, 7) is 7.36. The Morgan fingerprint density at radius 2 is 0.608 bits per heavy atom. The van der Waals surface area contributed by atoms with Gasteiger partial charge in [0, 0.05) is 12.2 Å². The zero-order chi connectivity index (χ0) is 72.6. The summed E-state index contributed by atoms with van der Waals surface area (Å²) in [7, 11) is 0.749. The molecule has 97 heavy (non-hydrogen) atoms. The molecule has 0 saturated heterocycles. The fourth-order valence-electron chi connectivity index (χ4n) is 11.9. The Balaban J connectivity index is 0.000000273. The molecule has 0 bridgehead atoms. The van der Waals surface area contributed by atoms with Gasteiger partial charge in [-0.2, -0.15) is 13.2 Å². The van der Waals surface area contributed by atoms with E-state index in [1.165, 1.54) is 38.3 Å². The van der Waals surface area contributed by atoms with Gasteiger partial charge in [0.05, 0.1) is 33.3 Å². The Morgan fingerprint density at radius 1 is 0.330 bits per heavy atom. The van der Waals surface area contributed by atoms with Gasteiger partial charge in [-0.25, -0.2) is 123 Å². The molecule has 516 valence electrons. The van der Waals surface area contributed by atoms with Gasteiger partial charge in [0.15, 0.2) is 134 Å². The number of hydrogen-bond acceptors (Lipinski definition) is 0. The highest BCUT2D eigenvalue weighted by atomic mass is 31.1. The van der Waals surface area contributed by atoms with Gasteiger partial charge in [-0.1, -0.05) is 63.8 Å². The fourth-order valence-corrected chi connectivity index (χ4v) is 12.7. The maximum Gasteiger partial charge on any atom is 0.419 e. The van der Waals surface area contributed by atoms with E-state index in [2.05, 4.69) is 20.5 Å². The Hall–Kier alpha value is -8.44. The summed E-state index contributed by atoms with van der Waals surface area (Å²) >= 11 is 0. The summed E-state index contributed by atoms with van der Waals surface area (Å²) in [5, 5.41) is -16.2. The van der Waals surface area contributed by atoms with E-state index in [0.717, 1.165) is 14.5 Å². The summed E-state index contributed by atoms with van der Waals surface area (Å²) in [5.74, 6) is -75.0. The van der Waals surface area contributed by atoms with Gasteiger partial charge >= 0.3 is 6.18 Å². The second kappa shape index (κ2) is 27.8. The van der Waals surface area contributed by atoms with Gasteiger partial charge in [0.2, 0.25) is 5.82 Å². The number of unbranched alkanes of at least 4 members (excludes halogenated alkanes) is 1. The van der Waals surface area contributed by atoms with Crippen molar-refractivity contribution < 1.29 is 136 Å². The minimum Gasteiger partial charge on any atom is -0.207 e. The van der Waals surface area contributed by atoms with Crippen molar-refractivity contribution in [1.29, 1.82) is 0 Å². The zero-order valence-corrected chi connectivity index (χ0v) is 50.0. The quantitative estimate of drug-likeness (QED) is 0.0376. The highest BCUT2D eigenvalue weighted by Crippen LogP contribution is 2.46. The first-order chi connectivity index (χ1) is 45.3. The first-order valence-corrected chi connectivity index (χ1v) is 29.8. The third kappa shape index (κ3) is 12.0. The van der Waals surface area contributed by atoms with E-state index in [0.29, 0.717) is 6.92 Å². The second-order valence-corrected chi connectivity index (χ2v) is 23.0. The average molecular weight is 1430 g/mol. The van der Waals surface area contributed by atoms with Gasteiger partial charge in [-0.05, 0) is 79.2 Å². The lowest BCUT2D eigenvalue weighted by Crippen LogP contribution is -2.78. The predicted molar refractivity (Wildman–Crippen MR) is 299 cm³/mol. The summed E-state index contributed by atoms with van der Waals surface area (Å²) < 4.78 is 464. The molecule has 0 nitrogen and oxygen atoms in total. The normalized spacial score (nSPS) is 12.4. The van der Waals surface area contributed by atoms with E-state index < -0.39 is 262 Å².